The fraction of sp³-hybridized carbons (Fsp3) is 0.0741. The fourth-order valence-electron chi connectivity index (χ4n) is 3.95. The third kappa shape index (κ3) is 4.13. The van der Waals surface area contributed by atoms with E-state index in [4.69, 9.17) is 4.42 Å². The molecule has 0 spiro atoms. The number of anilines is 2. The van der Waals surface area contributed by atoms with Crippen LogP contribution in [-0.4, -0.2) is 20.9 Å². The van der Waals surface area contributed by atoms with Gasteiger partial charge < -0.3 is 9.73 Å². The van der Waals surface area contributed by atoms with E-state index < -0.39 is 15.9 Å². The van der Waals surface area contributed by atoms with E-state index in [-0.39, 0.29) is 11.4 Å². The van der Waals surface area contributed by atoms with Gasteiger partial charge in [-0.05, 0) is 55.0 Å². The molecule has 0 unspecified atom stereocenters. The number of aryl methyl sites for hydroxylation is 1. The molecule has 1 heterocycles. The molecule has 6 nitrogen and oxygen atoms in total. The highest BCUT2D eigenvalue weighted by Gasteiger charge is 2.27. The number of hydrogen-bond acceptors (Lipinski definition) is 4. The lowest BCUT2D eigenvalue weighted by molar-refractivity contribution is -0.114. The van der Waals surface area contributed by atoms with Crippen LogP contribution in [0, 0.1) is 6.92 Å². The second kappa shape index (κ2) is 8.68. The number of furan rings is 1. The van der Waals surface area contributed by atoms with Gasteiger partial charge in [-0.3, -0.25) is 9.10 Å². The van der Waals surface area contributed by atoms with Crippen molar-refractivity contribution in [2.75, 3.05) is 16.2 Å². The number of para-hydroxylation sites is 1. The lowest BCUT2D eigenvalue weighted by atomic mass is 10.1. The van der Waals surface area contributed by atoms with Crippen molar-refractivity contribution in [3.05, 3.63) is 103 Å². The van der Waals surface area contributed by atoms with E-state index in [1.165, 1.54) is 12.1 Å². The van der Waals surface area contributed by atoms with Gasteiger partial charge in [0.1, 0.15) is 17.7 Å². The molecule has 0 saturated carbocycles. The van der Waals surface area contributed by atoms with E-state index in [9.17, 15) is 13.2 Å². The molecule has 1 aromatic heterocycles. The molecule has 7 heteroatoms. The molecule has 0 aliphatic carbocycles. The highest BCUT2D eigenvalue weighted by atomic mass is 32.2. The normalized spacial score (nSPS) is 11.6. The van der Waals surface area contributed by atoms with E-state index >= 15 is 0 Å². The van der Waals surface area contributed by atoms with Crippen LogP contribution in [0.5, 0.6) is 0 Å². The minimum absolute atomic E-state index is 0.119. The van der Waals surface area contributed by atoms with Crippen molar-refractivity contribution in [1.82, 2.24) is 0 Å². The topological polar surface area (TPSA) is 79.6 Å². The van der Waals surface area contributed by atoms with Crippen molar-refractivity contribution >= 4 is 49.2 Å². The first kappa shape index (κ1) is 21.7. The Morgan fingerprint density at radius 3 is 2.35 bits per heavy atom. The second-order valence-corrected chi connectivity index (χ2v) is 9.88. The molecule has 4 aromatic carbocycles. The minimum atomic E-state index is -3.96. The third-order valence-corrected chi connectivity index (χ3v) is 7.36. The smallest absolute Gasteiger partial charge is 0.264 e. The first-order valence-electron chi connectivity index (χ1n) is 10.8. The van der Waals surface area contributed by atoms with Crippen LogP contribution in [0.2, 0.25) is 0 Å². The average Bonchev–Trinajstić information content (AvgIpc) is 3.21. The van der Waals surface area contributed by atoms with Crippen molar-refractivity contribution in [3.63, 3.8) is 0 Å². The van der Waals surface area contributed by atoms with E-state index in [1.807, 2.05) is 43.3 Å². The van der Waals surface area contributed by atoms with Gasteiger partial charge >= 0.3 is 0 Å². The predicted octanol–water partition coefficient (Wildman–Crippen LogP) is 5.73. The molecule has 0 atom stereocenters. The zero-order chi connectivity index (χ0) is 23.7. The molecule has 0 aliphatic rings. The maximum absolute atomic E-state index is 13.4. The second-order valence-electron chi connectivity index (χ2n) is 8.02. The molecular weight excluding hydrogens is 448 g/mol. The summed E-state index contributed by atoms with van der Waals surface area (Å²) in [6, 6.07) is 28.3. The largest absolute Gasteiger partial charge is 0.456 e. The summed E-state index contributed by atoms with van der Waals surface area (Å²) in [7, 11) is -3.96. The number of amides is 1. The number of hydrogen-bond donors (Lipinski definition) is 1. The molecule has 5 rings (SSSR count). The Balaban J connectivity index is 1.45. The molecule has 1 amide bonds. The Morgan fingerprint density at radius 2 is 1.56 bits per heavy atom. The zero-order valence-electron chi connectivity index (χ0n) is 18.4. The average molecular weight is 471 g/mol. The SMILES string of the molecule is Cc1cccc(N(CC(=O)Nc2ccc3c(c2)oc2ccccc23)S(=O)(=O)c2ccccc2)c1. The van der Waals surface area contributed by atoms with Crippen LogP contribution < -0.4 is 9.62 Å². The molecule has 0 aliphatic heterocycles. The molecule has 1 N–H and O–H groups in total. The number of sulfonamides is 1. The third-order valence-electron chi connectivity index (χ3n) is 5.57. The molecule has 170 valence electrons. The van der Waals surface area contributed by atoms with Gasteiger partial charge in [0.05, 0.1) is 10.6 Å². The molecule has 0 radical (unpaired) electrons. The number of fused-ring (bicyclic) bond motifs is 3. The molecule has 5 aromatic rings. The van der Waals surface area contributed by atoms with Crippen molar-refractivity contribution < 1.29 is 17.6 Å². The van der Waals surface area contributed by atoms with E-state index in [0.717, 1.165) is 26.2 Å². The number of nitrogens with zero attached hydrogens (tertiary/aromatic N) is 1. The van der Waals surface area contributed by atoms with Crippen LogP contribution in [-0.2, 0) is 14.8 Å². The highest BCUT2D eigenvalue weighted by molar-refractivity contribution is 7.92. The van der Waals surface area contributed by atoms with Gasteiger partial charge in [-0.25, -0.2) is 8.42 Å². The van der Waals surface area contributed by atoms with Gasteiger partial charge in [0, 0.05) is 22.5 Å². The van der Waals surface area contributed by atoms with Crippen LogP contribution >= 0.6 is 0 Å². The highest BCUT2D eigenvalue weighted by Crippen LogP contribution is 2.30. The van der Waals surface area contributed by atoms with Gasteiger partial charge in [0.15, 0.2) is 0 Å². The maximum Gasteiger partial charge on any atom is 0.264 e. The Bertz CT molecular complexity index is 1610. The molecule has 0 bridgehead atoms. The standard InChI is InChI=1S/C27H22N2O4S/c1-19-8-7-9-21(16-19)29(34(31,32)22-10-3-2-4-11-22)18-27(30)28-20-14-15-24-23-12-5-6-13-25(23)33-26(24)17-20/h2-17H,18H2,1H3,(H,28,30). The number of carbonyl (C=O) groups is 1. The van der Waals surface area contributed by atoms with Crippen LogP contribution in [0.15, 0.2) is 106 Å². The summed E-state index contributed by atoms with van der Waals surface area (Å²) >= 11 is 0. The van der Waals surface area contributed by atoms with Crippen LogP contribution in [0.3, 0.4) is 0 Å². The van der Waals surface area contributed by atoms with Gasteiger partial charge in [-0.2, -0.15) is 0 Å². The monoisotopic (exact) mass is 470 g/mol. The maximum atomic E-state index is 13.4. The molecular formula is C27H22N2O4S. The predicted molar refractivity (Wildman–Crippen MR) is 135 cm³/mol. The summed E-state index contributed by atoms with van der Waals surface area (Å²) in [5.41, 5.74) is 3.25. The number of nitrogens with one attached hydrogen (secondary N) is 1. The lowest BCUT2D eigenvalue weighted by Crippen LogP contribution is -2.38. The Morgan fingerprint density at radius 1 is 0.824 bits per heavy atom. The summed E-state index contributed by atoms with van der Waals surface area (Å²) in [6.07, 6.45) is 0. The fourth-order valence-corrected chi connectivity index (χ4v) is 5.39. The first-order valence-corrected chi connectivity index (χ1v) is 12.2. The Labute approximate surface area is 197 Å². The summed E-state index contributed by atoms with van der Waals surface area (Å²) in [4.78, 5) is 13.1. The zero-order valence-corrected chi connectivity index (χ0v) is 19.2. The first-order chi connectivity index (χ1) is 16.4. The van der Waals surface area contributed by atoms with Crippen molar-refractivity contribution in [2.24, 2.45) is 0 Å². The van der Waals surface area contributed by atoms with Gasteiger partial charge in [-0.1, -0.05) is 48.5 Å². The van der Waals surface area contributed by atoms with Crippen LogP contribution in [0.25, 0.3) is 21.9 Å². The summed E-state index contributed by atoms with van der Waals surface area (Å²) in [5.74, 6) is -0.462. The van der Waals surface area contributed by atoms with Crippen LogP contribution in [0.1, 0.15) is 5.56 Å². The van der Waals surface area contributed by atoms with Gasteiger partial charge in [-0.15, -0.1) is 0 Å². The minimum Gasteiger partial charge on any atom is -0.456 e. The lowest BCUT2D eigenvalue weighted by Gasteiger charge is -2.24. The molecule has 0 fully saturated rings. The Hall–Kier alpha value is -4.10. The summed E-state index contributed by atoms with van der Waals surface area (Å²) in [5, 5.41) is 4.75. The van der Waals surface area contributed by atoms with Crippen molar-refractivity contribution in [3.8, 4) is 0 Å². The van der Waals surface area contributed by atoms with Crippen molar-refractivity contribution in [2.45, 2.75) is 11.8 Å². The van der Waals surface area contributed by atoms with Crippen molar-refractivity contribution in [1.29, 1.82) is 0 Å². The summed E-state index contributed by atoms with van der Waals surface area (Å²) < 4.78 is 33.9. The summed E-state index contributed by atoms with van der Waals surface area (Å²) in [6.45, 7) is 1.50. The molecule has 34 heavy (non-hydrogen) atoms. The van der Waals surface area contributed by atoms with Crippen LogP contribution in [0.4, 0.5) is 11.4 Å². The number of rotatable bonds is 6. The van der Waals surface area contributed by atoms with Gasteiger partial charge in [0.25, 0.3) is 10.0 Å². The van der Waals surface area contributed by atoms with E-state index in [0.29, 0.717) is 17.0 Å². The number of carbonyl (C=O) groups excluding carboxylic acids is 1. The van der Waals surface area contributed by atoms with E-state index in [1.54, 1.807) is 48.5 Å². The van der Waals surface area contributed by atoms with Gasteiger partial charge in [0.2, 0.25) is 5.91 Å². The number of benzene rings is 4. The molecule has 0 saturated heterocycles. The quantitative estimate of drug-likeness (QED) is 0.344. The van der Waals surface area contributed by atoms with E-state index in [2.05, 4.69) is 5.32 Å². The Kier molecular flexibility index (Phi) is 5.55.